The van der Waals surface area contributed by atoms with Crippen LogP contribution in [0.5, 0.6) is 0 Å². The molecule has 0 fully saturated rings. The maximum absolute atomic E-state index is 8.95. The van der Waals surface area contributed by atoms with E-state index in [4.69, 9.17) is 16.0 Å². The minimum absolute atomic E-state index is 0.0635. The van der Waals surface area contributed by atoms with Gasteiger partial charge in [-0.1, -0.05) is 5.16 Å². The van der Waals surface area contributed by atoms with Crippen LogP contribution in [-0.2, 0) is 0 Å². The molecule has 0 saturated heterocycles. The zero-order valence-corrected chi connectivity index (χ0v) is 11.2. The fourth-order valence-corrected chi connectivity index (χ4v) is 2.12. The van der Waals surface area contributed by atoms with Gasteiger partial charge in [-0.3, -0.25) is 0 Å². The van der Waals surface area contributed by atoms with Crippen molar-refractivity contribution in [2.75, 3.05) is 24.6 Å². The number of hydrogen-bond acceptors (Lipinski definition) is 4. The number of nitrogens with two attached hydrogens (primary N) is 1. The third-order valence-corrected chi connectivity index (χ3v) is 3.11. The third kappa shape index (κ3) is 3.34. The van der Waals surface area contributed by atoms with Gasteiger partial charge >= 0.3 is 0 Å². The summed E-state index contributed by atoms with van der Waals surface area (Å²) in [5, 5.41) is 20.5. The average Bonchev–Trinajstić information content (AvgIpc) is 2.35. The van der Waals surface area contributed by atoms with Gasteiger partial charge in [0.2, 0.25) is 0 Å². The molecular formula is C11H16BrN3O2. The van der Waals surface area contributed by atoms with Gasteiger partial charge in [0.05, 0.1) is 6.61 Å². The molecule has 1 rings (SSSR count). The van der Waals surface area contributed by atoms with Crippen LogP contribution in [0.4, 0.5) is 5.69 Å². The van der Waals surface area contributed by atoms with Gasteiger partial charge in [-0.15, -0.1) is 0 Å². The Labute approximate surface area is 109 Å². The molecule has 0 saturated carbocycles. The fraction of sp³-hybridized carbons (Fsp3) is 0.364. The summed E-state index contributed by atoms with van der Waals surface area (Å²) in [5.74, 6) is 0.0635. The molecule has 0 amide bonds. The predicted molar refractivity (Wildman–Crippen MR) is 71.6 cm³/mol. The lowest BCUT2D eigenvalue weighted by Crippen LogP contribution is -2.26. The van der Waals surface area contributed by atoms with Crippen molar-refractivity contribution in [3.63, 3.8) is 0 Å². The Balaban J connectivity index is 3.03. The number of aliphatic hydroxyl groups is 1. The summed E-state index contributed by atoms with van der Waals surface area (Å²) in [6, 6.07) is 5.53. The normalized spacial score (nSPS) is 11.6. The van der Waals surface area contributed by atoms with Crippen LogP contribution in [0.1, 0.15) is 12.5 Å². The van der Waals surface area contributed by atoms with Crippen molar-refractivity contribution in [2.45, 2.75) is 6.92 Å². The topological polar surface area (TPSA) is 82.1 Å². The molecule has 5 nitrogen and oxygen atoms in total. The van der Waals surface area contributed by atoms with Crippen molar-refractivity contribution in [3.8, 4) is 0 Å². The van der Waals surface area contributed by atoms with Gasteiger partial charge in [0.25, 0.3) is 0 Å². The molecule has 0 aliphatic carbocycles. The lowest BCUT2D eigenvalue weighted by atomic mass is 10.2. The smallest absolute Gasteiger partial charge is 0.171 e. The molecule has 0 aliphatic heterocycles. The first-order chi connectivity index (χ1) is 8.13. The second-order valence-corrected chi connectivity index (χ2v) is 4.31. The first-order valence-electron chi connectivity index (χ1n) is 5.27. The summed E-state index contributed by atoms with van der Waals surface area (Å²) < 4.78 is 0.752. The van der Waals surface area contributed by atoms with Crippen molar-refractivity contribution < 1.29 is 10.3 Å². The number of amidine groups is 1. The average molecular weight is 302 g/mol. The molecular weight excluding hydrogens is 286 g/mol. The number of likely N-dealkylation sites (N-methyl/N-ethyl adjacent to an activating group) is 1. The van der Waals surface area contributed by atoms with Gasteiger partial charge in [-0.05, 0) is 41.1 Å². The second-order valence-electron chi connectivity index (χ2n) is 3.45. The number of rotatable bonds is 5. The number of anilines is 1. The number of nitrogens with zero attached hydrogens (tertiary/aromatic N) is 2. The fourth-order valence-electron chi connectivity index (χ4n) is 1.55. The van der Waals surface area contributed by atoms with E-state index < -0.39 is 0 Å². The zero-order valence-electron chi connectivity index (χ0n) is 9.60. The summed E-state index contributed by atoms with van der Waals surface area (Å²) >= 11 is 3.38. The first kappa shape index (κ1) is 13.8. The maximum atomic E-state index is 8.95. The van der Waals surface area contributed by atoms with Crippen LogP contribution in [0, 0.1) is 0 Å². The largest absolute Gasteiger partial charge is 0.409 e. The van der Waals surface area contributed by atoms with Gasteiger partial charge in [-0.2, -0.15) is 0 Å². The molecule has 0 unspecified atom stereocenters. The number of benzene rings is 1. The van der Waals surface area contributed by atoms with Crippen molar-refractivity contribution in [3.05, 3.63) is 28.2 Å². The van der Waals surface area contributed by atoms with Gasteiger partial charge < -0.3 is 20.9 Å². The molecule has 4 N–H and O–H groups in total. The van der Waals surface area contributed by atoms with E-state index in [1.54, 1.807) is 6.07 Å². The molecule has 0 aliphatic rings. The summed E-state index contributed by atoms with van der Waals surface area (Å²) in [6.45, 7) is 3.50. The first-order valence-corrected chi connectivity index (χ1v) is 6.06. The van der Waals surface area contributed by atoms with Crippen LogP contribution in [0.3, 0.4) is 0 Å². The number of halogens is 1. The lowest BCUT2D eigenvalue weighted by Gasteiger charge is -2.22. The van der Waals surface area contributed by atoms with E-state index in [-0.39, 0.29) is 12.4 Å². The predicted octanol–water partition coefficient (Wildman–Crippen LogP) is 1.36. The molecule has 0 radical (unpaired) electrons. The van der Waals surface area contributed by atoms with Crippen LogP contribution in [0.15, 0.2) is 27.8 Å². The summed E-state index contributed by atoms with van der Waals surface area (Å²) in [4.78, 5) is 2.03. The van der Waals surface area contributed by atoms with Crippen molar-refractivity contribution >= 4 is 27.5 Å². The van der Waals surface area contributed by atoms with Gasteiger partial charge in [0.15, 0.2) is 5.84 Å². The van der Waals surface area contributed by atoms with Crippen molar-refractivity contribution in [1.82, 2.24) is 0 Å². The highest BCUT2D eigenvalue weighted by molar-refractivity contribution is 9.10. The highest BCUT2D eigenvalue weighted by Crippen LogP contribution is 2.24. The monoisotopic (exact) mass is 301 g/mol. The van der Waals surface area contributed by atoms with Crippen LogP contribution >= 0.6 is 15.9 Å². The molecule has 17 heavy (non-hydrogen) atoms. The molecule has 1 aromatic carbocycles. The number of aliphatic hydroxyl groups excluding tert-OH is 1. The third-order valence-electron chi connectivity index (χ3n) is 2.45. The van der Waals surface area contributed by atoms with E-state index >= 15 is 0 Å². The number of oxime groups is 1. The van der Waals surface area contributed by atoms with E-state index in [0.717, 1.165) is 16.7 Å². The quantitative estimate of drug-likeness (QED) is 0.332. The zero-order chi connectivity index (χ0) is 12.8. The molecule has 94 valence electrons. The molecule has 0 atom stereocenters. The summed E-state index contributed by atoms with van der Waals surface area (Å²) in [5.41, 5.74) is 7.14. The van der Waals surface area contributed by atoms with Crippen molar-refractivity contribution in [2.24, 2.45) is 10.9 Å². The molecule has 0 bridgehead atoms. The maximum Gasteiger partial charge on any atom is 0.171 e. The van der Waals surface area contributed by atoms with Gasteiger partial charge in [0, 0.05) is 28.8 Å². The molecule has 0 heterocycles. The van der Waals surface area contributed by atoms with Gasteiger partial charge in [-0.25, -0.2) is 0 Å². The van der Waals surface area contributed by atoms with Crippen LogP contribution in [-0.4, -0.2) is 35.8 Å². The Bertz CT molecular complexity index is 410. The second kappa shape index (κ2) is 6.46. The SMILES string of the molecule is CCN(CCO)c1ccc(/C(N)=N/O)c(Br)c1. The standard InChI is InChI=1S/C11H16BrN3O2/c1-2-15(5-6-16)8-3-4-9(10(12)7-8)11(13)14-17/h3-4,7,16-17H,2,5-6H2,1H3,(H2,13,14). The molecule has 1 aromatic rings. The lowest BCUT2D eigenvalue weighted by molar-refractivity contribution is 0.302. The van der Waals surface area contributed by atoms with E-state index in [1.807, 2.05) is 24.0 Å². The summed E-state index contributed by atoms with van der Waals surface area (Å²) in [6.07, 6.45) is 0. The number of hydrogen-bond donors (Lipinski definition) is 3. The van der Waals surface area contributed by atoms with Crippen LogP contribution in [0.25, 0.3) is 0 Å². The van der Waals surface area contributed by atoms with Gasteiger partial charge in [0.1, 0.15) is 0 Å². The minimum atomic E-state index is 0.0635. The Morgan fingerprint density at radius 2 is 2.24 bits per heavy atom. The highest BCUT2D eigenvalue weighted by atomic mass is 79.9. The highest BCUT2D eigenvalue weighted by Gasteiger charge is 2.09. The van der Waals surface area contributed by atoms with E-state index in [1.165, 1.54) is 0 Å². The molecule has 0 aromatic heterocycles. The Morgan fingerprint density at radius 3 is 2.71 bits per heavy atom. The molecule has 0 spiro atoms. The van der Waals surface area contributed by atoms with E-state index in [0.29, 0.717) is 12.1 Å². The van der Waals surface area contributed by atoms with Crippen LogP contribution < -0.4 is 10.6 Å². The van der Waals surface area contributed by atoms with E-state index in [9.17, 15) is 0 Å². The van der Waals surface area contributed by atoms with Crippen molar-refractivity contribution in [1.29, 1.82) is 0 Å². The minimum Gasteiger partial charge on any atom is -0.409 e. The Hall–Kier alpha value is -1.27. The molecule has 6 heteroatoms. The summed E-state index contributed by atoms with van der Waals surface area (Å²) in [7, 11) is 0. The Morgan fingerprint density at radius 1 is 1.53 bits per heavy atom. The van der Waals surface area contributed by atoms with Crippen LogP contribution in [0.2, 0.25) is 0 Å². The van der Waals surface area contributed by atoms with E-state index in [2.05, 4.69) is 21.1 Å². The Kier molecular flexibility index (Phi) is 5.24.